The number of carbonyl (C=O) groups is 1. The maximum atomic E-state index is 12.1. The molecule has 2 aromatic carbocycles. The van der Waals surface area contributed by atoms with Crippen molar-refractivity contribution in [2.24, 2.45) is 0 Å². The number of nitrogens with zero attached hydrogens (tertiary/aromatic N) is 2. The summed E-state index contributed by atoms with van der Waals surface area (Å²) in [7, 11) is 1.59. The van der Waals surface area contributed by atoms with E-state index in [1.807, 2.05) is 42.6 Å². The number of hydrogen-bond acceptors (Lipinski definition) is 6. The Hall–Kier alpha value is -3.91. The van der Waals surface area contributed by atoms with Crippen LogP contribution in [-0.4, -0.2) is 41.1 Å². The molecule has 0 saturated heterocycles. The van der Waals surface area contributed by atoms with Crippen LogP contribution in [0, 0.1) is 0 Å². The van der Waals surface area contributed by atoms with E-state index in [9.17, 15) is 4.79 Å². The summed E-state index contributed by atoms with van der Waals surface area (Å²) in [6.45, 7) is 0.932. The fourth-order valence-electron chi connectivity index (χ4n) is 3.06. The number of benzene rings is 2. The molecule has 0 aliphatic carbocycles. The summed E-state index contributed by atoms with van der Waals surface area (Å²) in [5.74, 6) is 0.635. The third-order valence-electron chi connectivity index (χ3n) is 4.65. The molecule has 1 amide bonds. The van der Waals surface area contributed by atoms with Crippen molar-refractivity contribution in [3.05, 3.63) is 66.5 Å². The van der Waals surface area contributed by atoms with Crippen LogP contribution in [-0.2, 0) is 4.74 Å². The van der Waals surface area contributed by atoms with Gasteiger partial charge in [-0.1, -0.05) is 12.1 Å². The fraction of sp³-hybridized carbons (Fsp3) is 0.136. The molecule has 0 atom stereocenters. The van der Waals surface area contributed by atoms with Gasteiger partial charge in [0.25, 0.3) is 5.91 Å². The topological polar surface area (TPSA) is 118 Å². The quantitative estimate of drug-likeness (QED) is 0.352. The first-order valence-electron chi connectivity index (χ1n) is 9.48. The third-order valence-corrected chi connectivity index (χ3v) is 4.65. The predicted molar refractivity (Wildman–Crippen MR) is 118 cm³/mol. The van der Waals surface area contributed by atoms with Crippen molar-refractivity contribution in [1.29, 1.82) is 0 Å². The fourth-order valence-corrected chi connectivity index (χ4v) is 3.06. The first kappa shape index (κ1) is 19.4. The molecular formula is C22H22N6O2. The standard InChI is InChI=1S/C22H22N6O2/c1-30-11-10-25-22(29)15-4-2-14(3-5-15)19-13-26-20(23)21(28-19)27-17-6-7-18-16(12-17)8-9-24-18/h2-9,12-13,24H,10-11H2,1H3,(H2,23,26)(H,25,29)(H,27,28). The molecule has 5 N–H and O–H groups in total. The van der Waals surface area contributed by atoms with Crippen LogP contribution >= 0.6 is 0 Å². The van der Waals surface area contributed by atoms with E-state index in [2.05, 4.69) is 25.6 Å². The van der Waals surface area contributed by atoms with E-state index in [4.69, 9.17) is 10.5 Å². The van der Waals surface area contributed by atoms with E-state index in [-0.39, 0.29) is 5.91 Å². The van der Waals surface area contributed by atoms with Gasteiger partial charge in [-0.05, 0) is 36.4 Å². The Morgan fingerprint density at radius 1 is 1.17 bits per heavy atom. The van der Waals surface area contributed by atoms with Gasteiger partial charge in [-0.15, -0.1) is 0 Å². The van der Waals surface area contributed by atoms with Crippen LogP contribution in [0.4, 0.5) is 17.3 Å². The number of aromatic nitrogens is 3. The highest BCUT2D eigenvalue weighted by Gasteiger charge is 2.10. The van der Waals surface area contributed by atoms with Crippen molar-refractivity contribution in [1.82, 2.24) is 20.3 Å². The van der Waals surface area contributed by atoms with Crippen molar-refractivity contribution in [3.8, 4) is 11.3 Å². The van der Waals surface area contributed by atoms with Crippen molar-refractivity contribution in [3.63, 3.8) is 0 Å². The second kappa shape index (κ2) is 8.62. The van der Waals surface area contributed by atoms with E-state index in [1.165, 1.54) is 0 Å². The van der Waals surface area contributed by atoms with Gasteiger partial charge in [-0.3, -0.25) is 4.79 Å². The molecule has 0 spiro atoms. The molecule has 0 saturated carbocycles. The number of anilines is 3. The van der Waals surface area contributed by atoms with Gasteiger partial charge in [-0.25, -0.2) is 9.97 Å². The molecule has 0 aliphatic heterocycles. The number of carbonyl (C=O) groups excluding carboxylic acids is 1. The largest absolute Gasteiger partial charge is 0.383 e. The Morgan fingerprint density at radius 2 is 2.00 bits per heavy atom. The van der Waals surface area contributed by atoms with Crippen molar-refractivity contribution in [2.45, 2.75) is 0 Å². The molecule has 4 aromatic rings. The number of ether oxygens (including phenoxy) is 1. The first-order chi connectivity index (χ1) is 14.6. The van der Waals surface area contributed by atoms with Gasteiger partial charge in [0.2, 0.25) is 0 Å². The lowest BCUT2D eigenvalue weighted by Crippen LogP contribution is -2.26. The average Bonchev–Trinajstić information content (AvgIpc) is 3.23. The Balaban J connectivity index is 1.53. The summed E-state index contributed by atoms with van der Waals surface area (Å²) in [6, 6.07) is 15.1. The summed E-state index contributed by atoms with van der Waals surface area (Å²) < 4.78 is 4.94. The highest BCUT2D eigenvalue weighted by Crippen LogP contribution is 2.26. The minimum Gasteiger partial charge on any atom is -0.383 e. The van der Waals surface area contributed by atoms with Crippen LogP contribution in [0.25, 0.3) is 22.2 Å². The number of nitrogens with one attached hydrogen (secondary N) is 3. The smallest absolute Gasteiger partial charge is 0.251 e. The van der Waals surface area contributed by atoms with Gasteiger partial charge in [-0.2, -0.15) is 0 Å². The molecule has 0 bridgehead atoms. The number of H-pyrrole nitrogens is 1. The lowest BCUT2D eigenvalue weighted by molar-refractivity contribution is 0.0937. The van der Waals surface area contributed by atoms with Gasteiger partial charge in [0.1, 0.15) is 0 Å². The molecule has 0 fully saturated rings. The van der Waals surface area contributed by atoms with E-state index in [0.29, 0.717) is 36.0 Å². The third kappa shape index (κ3) is 4.23. The summed E-state index contributed by atoms with van der Waals surface area (Å²) in [4.78, 5) is 24.2. The molecule has 8 nitrogen and oxygen atoms in total. The monoisotopic (exact) mass is 402 g/mol. The lowest BCUT2D eigenvalue weighted by atomic mass is 10.1. The normalized spacial score (nSPS) is 10.8. The highest BCUT2D eigenvalue weighted by molar-refractivity contribution is 5.94. The number of fused-ring (bicyclic) bond motifs is 1. The van der Waals surface area contributed by atoms with Crippen LogP contribution in [0.2, 0.25) is 0 Å². The number of nitrogens with two attached hydrogens (primary N) is 1. The van der Waals surface area contributed by atoms with Gasteiger partial charge in [0.15, 0.2) is 11.6 Å². The van der Waals surface area contributed by atoms with E-state index >= 15 is 0 Å². The second-order valence-electron chi connectivity index (χ2n) is 6.72. The first-order valence-corrected chi connectivity index (χ1v) is 9.48. The molecule has 2 aromatic heterocycles. The number of amides is 1. The number of methoxy groups -OCH3 is 1. The van der Waals surface area contributed by atoms with Crippen LogP contribution in [0.3, 0.4) is 0 Å². The van der Waals surface area contributed by atoms with E-state index < -0.39 is 0 Å². The zero-order valence-corrected chi connectivity index (χ0v) is 16.5. The number of aromatic amines is 1. The Morgan fingerprint density at radius 3 is 2.80 bits per heavy atom. The van der Waals surface area contributed by atoms with Crippen molar-refractivity contribution < 1.29 is 9.53 Å². The molecular weight excluding hydrogens is 380 g/mol. The number of rotatable bonds is 7. The van der Waals surface area contributed by atoms with Crippen LogP contribution in [0.15, 0.2) is 60.9 Å². The molecule has 0 unspecified atom stereocenters. The van der Waals surface area contributed by atoms with Gasteiger partial charge in [0.05, 0.1) is 18.5 Å². The summed E-state index contributed by atoms with van der Waals surface area (Å²) in [6.07, 6.45) is 3.51. The maximum absolute atomic E-state index is 12.1. The highest BCUT2D eigenvalue weighted by atomic mass is 16.5. The minimum atomic E-state index is -0.149. The van der Waals surface area contributed by atoms with Gasteiger partial charge in [0, 0.05) is 47.6 Å². The minimum absolute atomic E-state index is 0.149. The molecule has 30 heavy (non-hydrogen) atoms. The lowest BCUT2D eigenvalue weighted by Gasteiger charge is -2.10. The molecule has 2 heterocycles. The SMILES string of the molecule is COCCNC(=O)c1ccc(-c2cnc(N)c(Nc3ccc4[nH]ccc4c3)n2)cc1. The maximum Gasteiger partial charge on any atom is 0.251 e. The van der Waals surface area contributed by atoms with Crippen LogP contribution in [0.1, 0.15) is 10.4 Å². The van der Waals surface area contributed by atoms with Gasteiger partial charge >= 0.3 is 0 Å². The van der Waals surface area contributed by atoms with Crippen LogP contribution < -0.4 is 16.4 Å². The van der Waals surface area contributed by atoms with E-state index in [1.54, 1.807) is 25.4 Å². The predicted octanol–water partition coefficient (Wildman–Crippen LogP) is 3.33. The summed E-state index contributed by atoms with van der Waals surface area (Å²) in [5, 5.41) is 7.11. The zero-order valence-electron chi connectivity index (χ0n) is 16.5. The van der Waals surface area contributed by atoms with Crippen molar-refractivity contribution in [2.75, 3.05) is 31.3 Å². The molecule has 0 radical (unpaired) electrons. The molecule has 8 heteroatoms. The van der Waals surface area contributed by atoms with Crippen LogP contribution in [0.5, 0.6) is 0 Å². The van der Waals surface area contributed by atoms with E-state index in [0.717, 1.165) is 22.2 Å². The molecule has 0 aliphatic rings. The summed E-state index contributed by atoms with van der Waals surface area (Å²) in [5.41, 5.74) is 10.00. The number of nitrogen functional groups attached to an aromatic ring is 1. The molecule has 4 rings (SSSR count). The molecule has 152 valence electrons. The van der Waals surface area contributed by atoms with Gasteiger partial charge < -0.3 is 26.1 Å². The Kier molecular flexibility index (Phi) is 5.58. The second-order valence-corrected chi connectivity index (χ2v) is 6.72. The zero-order chi connectivity index (χ0) is 20.9. The Labute approximate surface area is 173 Å². The Bertz CT molecular complexity index is 1170. The van der Waals surface area contributed by atoms with Crippen molar-refractivity contribution >= 4 is 34.1 Å². The summed E-state index contributed by atoms with van der Waals surface area (Å²) >= 11 is 0. The number of hydrogen-bond donors (Lipinski definition) is 4. The average molecular weight is 402 g/mol.